The predicted molar refractivity (Wildman–Crippen MR) is 189 cm³/mol. The summed E-state index contributed by atoms with van der Waals surface area (Å²) in [6.07, 6.45) is 7.91. The van der Waals surface area contributed by atoms with Gasteiger partial charge < -0.3 is 14.8 Å². The van der Waals surface area contributed by atoms with E-state index >= 15 is 0 Å². The van der Waals surface area contributed by atoms with Gasteiger partial charge in [-0.15, -0.1) is 0 Å². The number of aliphatic imine (C=N–C) groups is 1. The minimum Gasteiger partial charge on any atom is -0.490 e. The third kappa shape index (κ3) is 8.91. The molecule has 0 aliphatic carbocycles. The molecule has 0 aromatic heterocycles. The van der Waals surface area contributed by atoms with Crippen LogP contribution in [-0.4, -0.2) is 46.8 Å². The molecule has 3 amide bonds. The summed E-state index contributed by atoms with van der Waals surface area (Å²) in [5, 5.41) is 12.2. The molecule has 0 fully saturated rings. The molecule has 0 unspecified atom stereocenters. The molecule has 244 valence electrons. The molecule has 4 rings (SSSR count). The molecule has 1 N–H and O–H groups in total. The second-order valence-electron chi connectivity index (χ2n) is 10.0. The van der Waals surface area contributed by atoms with E-state index in [0.29, 0.717) is 11.3 Å². The normalized spacial score (nSPS) is 14.2. The maximum Gasteiger partial charge on any atom is 0.285 e. The zero-order valence-corrected chi connectivity index (χ0v) is 28.0. The van der Waals surface area contributed by atoms with Crippen molar-refractivity contribution in [2.24, 2.45) is 4.99 Å². The van der Waals surface area contributed by atoms with Crippen LogP contribution in [0.2, 0.25) is 5.02 Å². The molecule has 3 aromatic carbocycles. The molecule has 0 spiro atoms. The minimum absolute atomic E-state index is 0.0448. The topological polar surface area (TPSA) is 121 Å². The molecule has 9 nitrogen and oxygen atoms in total. The number of hydrogen-bond donors (Lipinski definition) is 1. The number of nitriles is 1. The summed E-state index contributed by atoms with van der Waals surface area (Å²) in [6, 6.07) is 23.7. The maximum absolute atomic E-state index is 14.0. The average Bonchev–Trinajstić information content (AvgIpc) is 3.09. The van der Waals surface area contributed by atoms with Crippen molar-refractivity contribution in [2.45, 2.75) is 19.9 Å². The highest BCUT2D eigenvalue weighted by molar-refractivity contribution is 8.14. The zero-order chi connectivity index (χ0) is 34.5. The number of ether oxygens (including phenoxy) is 2. The van der Waals surface area contributed by atoms with Gasteiger partial charge in [0, 0.05) is 5.70 Å². The van der Waals surface area contributed by atoms with Gasteiger partial charge in [0.2, 0.25) is 5.91 Å². The van der Waals surface area contributed by atoms with Crippen LogP contribution in [0.5, 0.6) is 11.5 Å². The molecule has 1 aliphatic heterocycles. The summed E-state index contributed by atoms with van der Waals surface area (Å²) in [7, 11) is 0. The van der Waals surface area contributed by atoms with E-state index in [0.717, 1.165) is 22.9 Å². The Morgan fingerprint density at radius 3 is 2.35 bits per heavy atom. The Balaban J connectivity index is 1.65. The number of halogens is 1. The van der Waals surface area contributed by atoms with Crippen molar-refractivity contribution in [3.8, 4) is 17.6 Å². The molecule has 1 aliphatic rings. The number of nitrogens with zero attached hydrogens (tertiary/aromatic N) is 3. The van der Waals surface area contributed by atoms with Crippen LogP contribution >= 0.6 is 23.4 Å². The first-order chi connectivity index (χ1) is 23.3. The van der Waals surface area contributed by atoms with Gasteiger partial charge in [0.1, 0.15) is 11.6 Å². The van der Waals surface area contributed by atoms with Gasteiger partial charge in [0.25, 0.3) is 11.8 Å². The van der Waals surface area contributed by atoms with Crippen LogP contribution in [0.15, 0.2) is 120 Å². The van der Waals surface area contributed by atoms with Crippen LogP contribution in [0.25, 0.3) is 6.08 Å². The van der Waals surface area contributed by atoms with Gasteiger partial charge in [0.05, 0.1) is 23.4 Å². The van der Waals surface area contributed by atoms with E-state index in [1.807, 2.05) is 66.7 Å². The highest BCUT2D eigenvalue weighted by atomic mass is 35.5. The minimum atomic E-state index is -0.785. The molecule has 0 bridgehead atoms. The van der Waals surface area contributed by atoms with Crippen molar-refractivity contribution >= 4 is 52.3 Å². The Hall–Kier alpha value is -5.37. The van der Waals surface area contributed by atoms with E-state index < -0.39 is 17.9 Å². The van der Waals surface area contributed by atoms with E-state index in [1.165, 1.54) is 17.0 Å². The number of hydrogen-bond acceptors (Lipinski definition) is 7. The van der Waals surface area contributed by atoms with Crippen LogP contribution in [0, 0.1) is 11.3 Å². The summed E-state index contributed by atoms with van der Waals surface area (Å²) >= 11 is 7.41. The lowest BCUT2D eigenvalue weighted by atomic mass is 9.99. The Kier molecular flexibility index (Phi) is 13.0. The molecule has 3 aromatic rings. The third-order valence-electron chi connectivity index (χ3n) is 6.84. The Labute approximate surface area is 288 Å². The van der Waals surface area contributed by atoms with Crippen LogP contribution < -0.4 is 14.8 Å². The van der Waals surface area contributed by atoms with Crippen molar-refractivity contribution in [2.75, 3.05) is 19.0 Å². The van der Waals surface area contributed by atoms with Crippen LogP contribution in [0.3, 0.4) is 0 Å². The van der Waals surface area contributed by atoms with E-state index in [2.05, 4.69) is 16.9 Å². The summed E-state index contributed by atoms with van der Waals surface area (Å²) in [5.74, 6) is -1.45. The number of rotatable bonds is 13. The second-order valence-corrected chi connectivity index (χ2v) is 11.4. The lowest BCUT2D eigenvalue weighted by molar-refractivity contribution is -0.126. The molecule has 0 atom stereocenters. The number of amidine groups is 1. The standard InChI is InChI=1S/C37H33ClN4O5S/c1-4-7-18-28(5-2)42-36(45)29(21-25-22-30(38)34(47-20-19-39)31(23-25)46-6-3)35(44)41-37(42)48-24-32(43)40-33(26-14-10-8-11-15-26)27-16-12-9-13-17-27/h4-5,7-18,21-23,33H,1,6,20,24H2,2-3H3,(H,40,43)/b18-7-,28-5+,29-21+. The first-order valence-electron chi connectivity index (χ1n) is 14.9. The summed E-state index contributed by atoms with van der Waals surface area (Å²) < 4.78 is 11.1. The fraction of sp³-hybridized carbons (Fsp3) is 0.162. The van der Waals surface area contributed by atoms with Crippen LogP contribution in [0.4, 0.5) is 0 Å². The highest BCUT2D eigenvalue weighted by Gasteiger charge is 2.35. The van der Waals surface area contributed by atoms with Gasteiger partial charge in [-0.25, -0.2) is 0 Å². The second kappa shape index (κ2) is 17.5. The van der Waals surface area contributed by atoms with E-state index in [-0.39, 0.29) is 52.1 Å². The van der Waals surface area contributed by atoms with Gasteiger partial charge in [-0.2, -0.15) is 10.3 Å². The average molecular weight is 681 g/mol. The SMILES string of the molecule is C=C/C=C\C(=C/C)N1C(=O)/C(=C/c2cc(Cl)c(OCC#N)c(OCC)c2)C(=O)N=C1SCC(=O)NC(c1ccccc1)c1ccccc1. The first kappa shape index (κ1) is 35.5. The van der Waals surface area contributed by atoms with Crippen LogP contribution in [0.1, 0.15) is 36.6 Å². The zero-order valence-electron chi connectivity index (χ0n) is 26.4. The fourth-order valence-electron chi connectivity index (χ4n) is 4.74. The number of allylic oxidation sites excluding steroid dienone is 4. The number of amides is 3. The van der Waals surface area contributed by atoms with E-state index in [4.69, 9.17) is 26.3 Å². The lowest BCUT2D eigenvalue weighted by Gasteiger charge is -2.28. The molecule has 0 saturated carbocycles. The molecule has 11 heteroatoms. The molecular weight excluding hydrogens is 648 g/mol. The van der Waals surface area contributed by atoms with Gasteiger partial charge in [-0.1, -0.05) is 109 Å². The van der Waals surface area contributed by atoms with Gasteiger partial charge >= 0.3 is 0 Å². The first-order valence-corrected chi connectivity index (χ1v) is 16.3. The van der Waals surface area contributed by atoms with E-state index in [1.54, 1.807) is 44.2 Å². The lowest BCUT2D eigenvalue weighted by Crippen LogP contribution is -2.42. The van der Waals surface area contributed by atoms with Gasteiger partial charge in [-0.05, 0) is 54.8 Å². The van der Waals surface area contributed by atoms with Crippen molar-refractivity contribution in [1.29, 1.82) is 5.26 Å². The highest BCUT2D eigenvalue weighted by Crippen LogP contribution is 2.38. The molecular formula is C37H33ClN4O5S. The van der Waals surface area contributed by atoms with Crippen LogP contribution in [-0.2, 0) is 14.4 Å². The predicted octanol–water partition coefficient (Wildman–Crippen LogP) is 7.03. The van der Waals surface area contributed by atoms with Gasteiger partial charge in [-0.3, -0.25) is 19.3 Å². The van der Waals surface area contributed by atoms with Gasteiger partial charge in [0.15, 0.2) is 23.3 Å². The Bertz CT molecular complexity index is 1790. The van der Waals surface area contributed by atoms with E-state index in [9.17, 15) is 14.4 Å². The maximum atomic E-state index is 14.0. The monoisotopic (exact) mass is 680 g/mol. The summed E-state index contributed by atoms with van der Waals surface area (Å²) in [6.45, 7) is 7.24. The van der Waals surface area contributed by atoms with Crippen molar-refractivity contribution in [3.63, 3.8) is 0 Å². The Morgan fingerprint density at radius 2 is 1.77 bits per heavy atom. The van der Waals surface area contributed by atoms with Crippen molar-refractivity contribution < 1.29 is 23.9 Å². The number of carbonyl (C=O) groups excluding carboxylic acids is 3. The van der Waals surface area contributed by atoms with Crippen molar-refractivity contribution in [1.82, 2.24) is 10.2 Å². The fourth-order valence-corrected chi connectivity index (χ4v) is 5.82. The molecule has 0 radical (unpaired) electrons. The Morgan fingerprint density at radius 1 is 1.10 bits per heavy atom. The molecule has 48 heavy (non-hydrogen) atoms. The molecule has 1 heterocycles. The number of thioether (sulfide) groups is 1. The number of benzene rings is 3. The summed E-state index contributed by atoms with van der Waals surface area (Å²) in [4.78, 5) is 46.3. The smallest absolute Gasteiger partial charge is 0.285 e. The molecule has 0 saturated heterocycles. The number of nitrogens with one attached hydrogen (secondary N) is 1. The third-order valence-corrected chi connectivity index (χ3v) is 8.06. The quantitative estimate of drug-likeness (QED) is 0.117. The van der Waals surface area contributed by atoms with Crippen molar-refractivity contribution in [3.05, 3.63) is 137 Å². The largest absolute Gasteiger partial charge is 0.490 e. The number of carbonyl (C=O) groups is 3. The summed E-state index contributed by atoms with van der Waals surface area (Å²) in [5.41, 5.74) is 2.38.